The minimum absolute atomic E-state index is 0. The number of hydrogen-bond donors (Lipinski definition) is 1. The number of benzene rings is 1. The zero-order valence-electron chi connectivity index (χ0n) is 6.79. The van der Waals surface area contributed by atoms with E-state index < -0.39 is 0 Å². The Hall–Kier alpha value is -0.0500. The molecule has 12 heavy (non-hydrogen) atoms. The first-order valence-electron chi connectivity index (χ1n) is 3.78. The number of halogens is 2. The molecule has 0 radical (unpaired) electrons. The molecule has 0 aliphatic heterocycles. The van der Waals surface area contributed by atoms with Crippen molar-refractivity contribution in [2.24, 2.45) is 5.73 Å². The van der Waals surface area contributed by atoms with Crippen LogP contribution in [0.5, 0.6) is 0 Å². The van der Waals surface area contributed by atoms with E-state index >= 15 is 0 Å². The molecule has 1 nitrogen and oxygen atoms in total. The standard InChI is InChI=1S/C9H12BrN.ClH/c10-9-6-2-1-4-8(9)5-3-7-11;/h1-2,4,6H,3,5,7,11H2;1H. The molecule has 0 bridgehead atoms. The fourth-order valence-electron chi connectivity index (χ4n) is 0.994. The monoisotopic (exact) mass is 249 g/mol. The van der Waals surface area contributed by atoms with Gasteiger partial charge < -0.3 is 5.73 Å². The first-order valence-corrected chi connectivity index (χ1v) is 4.57. The van der Waals surface area contributed by atoms with Gasteiger partial charge in [-0.15, -0.1) is 12.4 Å². The summed E-state index contributed by atoms with van der Waals surface area (Å²) in [7, 11) is 0. The molecule has 0 saturated heterocycles. The summed E-state index contributed by atoms with van der Waals surface area (Å²) >= 11 is 3.49. The van der Waals surface area contributed by atoms with Gasteiger partial charge >= 0.3 is 0 Å². The quantitative estimate of drug-likeness (QED) is 0.877. The second-order valence-electron chi connectivity index (χ2n) is 2.48. The fraction of sp³-hybridized carbons (Fsp3) is 0.333. The van der Waals surface area contributed by atoms with Crippen molar-refractivity contribution in [1.29, 1.82) is 0 Å². The third-order valence-electron chi connectivity index (χ3n) is 1.61. The van der Waals surface area contributed by atoms with E-state index in [2.05, 4.69) is 34.1 Å². The Balaban J connectivity index is 0.00000121. The van der Waals surface area contributed by atoms with E-state index in [-0.39, 0.29) is 12.4 Å². The molecule has 0 spiro atoms. The maximum absolute atomic E-state index is 5.41. The SMILES string of the molecule is Cl.NCCCc1ccccc1Br. The Bertz CT molecular complexity index is 228. The van der Waals surface area contributed by atoms with Gasteiger partial charge in [0.15, 0.2) is 0 Å². The summed E-state index contributed by atoms with van der Waals surface area (Å²) in [6.45, 7) is 0.765. The maximum Gasteiger partial charge on any atom is 0.0207 e. The third-order valence-corrected chi connectivity index (χ3v) is 2.38. The molecule has 0 aromatic heterocycles. The molecule has 1 aromatic rings. The minimum atomic E-state index is 0. The summed E-state index contributed by atoms with van der Waals surface area (Å²) in [6, 6.07) is 8.26. The zero-order valence-corrected chi connectivity index (χ0v) is 9.20. The molecular weight excluding hydrogens is 237 g/mol. The van der Waals surface area contributed by atoms with Crippen molar-refractivity contribution in [3.8, 4) is 0 Å². The molecule has 0 amide bonds. The highest BCUT2D eigenvalue weighted by atomic mass is 79.9. The van der Waals surface area contributed by atoms with Crippen molar-refractivity contribution in [1.82, 2.24) is 0 Å². The van der Waals surface area contributed by atoms with Crippen molar-refractivity contribution < 1.29 is 0 Å². The molecule has 0 heterocycles. The lowest BCUT2D eigenvalue weighted by atomic mass is 10.1. The minimum Gasteiger partial charge on any atom is -0.330 e. The first-order chi connectivity index (χ1) is 5.34. The van der Waals surface area contributed by atoms with Crippen LogP contribution in [0.25, 0.3) is 0 Å². The van der Waals surface area contributed by atoms with Crippen LogP contribution in [0.1, 0.15) is 12.0 Å². The normalized spacial score (nSPS) is 9.17. The second-order valence-corrected chi connectivity index (χ2v) is 3.34. The highest BCUT2D eigenvalue weighted by Gasteiger charge is 1.95. The van der Waals surface area contributed by atoms with Crippen LogP contribution in [0.4, 0.5) is 0 Å². The van der Waals surface area contributed by atoms with Gasteiger partial charge in [-0.3, -0.25) is 0 Å². The van der Waals surface area contributed by atoms with Gasteiger partial charge in [-0.05, 0) is 31.0 Å². The molecular formula is C9H13BrClN. The average molecular weight is 251 g/mol. The molecule has 1 aromatic carbocycles. The molecule has 0 atom stereocenters. The average Bonchev–Trinajstić information content (AvgIpc) is 2.03. The van der Waals surface area contributed by atoms with Crippen molar-refractivity contribution in [3.05, 3.63) is 34.3 Å². The topological polar surface area (TPSA) is 26.0 Å². The van der Waals surface area contributed by atoms with Gasteiger partial charge in [0.25, 0.3) is 0 Å². The van der Waals surface area contributed by atoms with Crippen molar-refractivity contribution in [2.45, 2.75) is 12.8 Å². The van der Waals surface area contributed by atoms with E-state index in [0.29, 0.717) is 0 Å². The molecule has 3 heteroatoms. The van der Waals surface area contributed by atoms with Gasteiger partial charge in [0.05, 0.1) is 0 Å². The van der Waals surface area contributed by atoms with Crippen LogP contribution in [-0.2, 0) is 6.42 Å². The van der Waals surface area contributed by atoms with Gasteiger partial charge in [-0.1, -0.05) is 34.1 Å². The highest BCUT2D eigenvalue weighted by molar-refractivity contribution is 9.10. The fourth-order valence-corrected chi connectivity index (χ4v) is 1.48. The number of hydrogen-bond acceptors (Lipinski definition) is 1. The van der Waals surface area contributed by atoms with E-state index in [9.17, 15) is 0 Å². The van der Waals surface area contributed by atoms with E-state index in [1.165, 1.54) is 10.0 Å². The van der Waals surface area contributed by atoms with Crippen LogP contribution in [0.3, 0.4) is 0 Å². The van der Waals surface area contributed by atoms with Crippen molar-refractivity contribution in [2.75, 3.05) is 6.54 Å². The summed E-state index contributed by atoms with van der Waals surface area (Å²) < 4.78 is 1.19. The number of rotatable bonds is 3. The molecule has 0 saturated carbocycles. The van der Waals surface area contributed by atoms with Crippen molar-refractivity contribution in [3.63, 3.8) is 0 Å². The first kappa shape index (κ1) is 11.9. The van der Waals surface area contributed by atoms with Gasteiger partial charge in [0.2, 0.25) is 0 Å². The Morgan fingerprint density at radius 2 is 1.92 bits per heavy atom. The van der Waals surface area contributed by atoms with Gasteiger partial charge in [0, 0.05) is 4.47 Å². The van der Waals surface area contributed by atoms with Crippen molar-refractivity contribution >= 4 is 28.3 Å². The zero-order chi connectivity index (χ0) is 8.10. The smallest absolute Gasteiger partial charge is 0.0207 e. The van der Waals surface area contributed by atoms with E-state index in [1.54, 1.807) is 0 Å². The Kier molecular flexibility index (Phi) is 6.44. The van der Waals surface area contributed by atoms with Gasteiger partial charge in [0.1, 0.15) is 0 Å². The number of nitrogens with two attached hydrogens (primary N) is 1. The summed E-state index contributed by atoms with van der Waals surface area (Å²) in [4.78, 5) is 0. The third kappa shape index (κ3) is 3.57. The maximum atomic E-state index is 5.41. The van der Waals surface area contributed by atoms with Crippen LogP contribution in [0.15, 0.2) is 28.7 Å². The Labute approximate surface area is 87.9 Å². The molecule has 0 unspecified atom stereocenters. The molecule has 68 valence electrons. The van der Waals surface area contributed by atoms with Crippen LogP contribution in [0.2, 0.25) is 0 Å². The predicted octanol–water partition coefficient (Wildman–Crippen LogP) is 2.76. The van der Waals surface area contributed by atoms with E-state index in [4.69, 9.17) is 5.73 Å². The lowest BCUT2D eigenvalue weighted by Gasteiger charge is -2.01. The summed E-state index contributed by atoms with van der Waals surface area (Å²) in [5, 5.41) is 0. The summed E-state index contributed by atoms with van der Waals surface area (Å²) in [5.41, 5.74) is 6.76. The summed E-state index contributed by atoms with van der Waals surface area (Å²) in [6.07, 6.45) is 2.13. The summed E-state index contributed by atoms with van der Waals surface area (Å²) in [5.74, 6) is 0. The lowest BCUT2D eigenvalue weighted by Crippen LogP contribution is -2.00. The van der Waals surface area contributed by atoms with Gasteiger partial charge in [-0.2, -0.15) is 0 Å². The molecule has 2 N–H and O–H groups in total. The lowest BCUT2D eigenvalue weighted by molar-refractivity contribution is 0.830. The van der Waals surface area contributed by atoms with E-state index in [1.807, 2.05) is 6.07 Å². The molecule has 0 aliphatic rings. The molecule has 0 aliphatic carbocycles. The number of aryl methyl sites for hydroxylation is 1. The molecule has 1 rings (SSSR count). The van der Waals surface area contributed by atoms with Gasteiger partial charge in [-0.25, -0.2) is 0 Å². The Morgan fingerprint density at radius 3 is 2.50 bits per heavy atom. The van der Waals surface area contributed by atoms with E-state index in [0.717, 1.165) is 19.4 Å². The Morgan fingerprint density at radius 1 is 1.25 bits per heavy atom. The predicted molar refractivity (Wildman–Crippen MR) is 58.8 cm³/mol. The van der Waals surface area contributed by atoms with Crippen LogP contribution < -0.4 is 5.73 Å². The van der Waals surface area contributed by atoms with Crippen LogP contribution in [0, 0.1) is 0 Å². The van der Waals surface area contributed by atoms with Crippen LogP contribution in [-0.4, -0.2) is 6.54 Å². The molecule has 0 fully saturated rings. The van der Waals surface area contributed by atoms with Crippen LogP contribution >= 0.6 is 28.3 Å². The second kappa shape index (κ2) is 6.46. The largest absolute Gasteiger partial charge is 0.330 e. The highest BCUT2D eigenvalue weighted by Crippen LogP contribution is 2.16.